The van der Waals surface area contributed by atoms with Crippen molar-refractivity contribution in [3.05, 3.63) is 64.9 Å². The zero-order chi connectivity index (χ0) is 19.7. The monoisotopic (exact) mass is 408 g/mol. The molecule has 0 unspecified atom stereocenters. The molecule has 2 heterocycles. The van der Waals surface area contributed by atoms with Gasteiger partial charge in [0.2, 0.25) is 5.91 Å². The van der Waals surface area contributed by atoms with Crippen molar-refractivity contribution in [1.29, 1.82) is 0 Å². The van der Waals surface area contributed by atoms with Crippen LogP contribution in [0.3, 0.4) is 0 Å². The van der Waals surface area contributed by atoms with Crippen LogP contribution in [0.4, 0.5) is 5.69 Å². The van der Waals surface area contributed by atoms with Gasteiger partial charge in [-0.2, -0.15) is 4.99 Å². The molecule has 1 N–H and O–H groups in total. The van der Waals surface area contributed by atoms with E-state index in [2.05, 4.69) is 21.9 Å². The van der Waals surface area contributed by atoms with Crippen molar-refractivity contribution in [2.24, 2.45) is 4.99 Å². The lowest BCUT2D eigenvalue weighted by Gasteiger charge is -2.03. The number of fused-ring (bicyclic) bond motifs is 2. The molecule has 0 bridgehead atoms. The SMILES string of the molecule is C=CCn1c(=NC(=O)c2ccc3ncsc3c2)sc2cc(NC(C)=O)ccc21. The Labute approximate surface area is 168 Å². The molecule has 0 spiro atoms. The maximum atomic E-state index is 12.8. The van der Waals surface area contributed by atoms with Gasteiger partial charge < -0.3 is 9.88 Å². The molecule has 140 valence electrons. The van der Waals surface area contributed by atoms with Crippen LogP contribution in [0.5, 0.6) is 0 Å². The fourth-order valence-corrected chi connectivity index (χ4v) is 4.68. The molecule has 4 rings (SSSR count). The molecule has 6 nitrogen and oxygen atoms in total. The second-order valence-corrected chi connectivity index (χ2v) is 7.99. The summed E-state index contributed by atoms with van der Waals surface area (Å²) in [7, 11) is 0. The van der Waals surface area contributed by atoms with Crippen LogP contribution in [0.2, 0.25) is 0 Å². The van der Waals surface area contributed by atoms with Crippen molar-refractivity contribution < 1.29 is 9.59 Å². The van der Waals surface area contributed by atoms with Crippen molar-refractivity contribution in [3.63, 3.8) is 0 Å². The molecule has 2 aromatic heterocycles. The number of hydrogen-bond donors (Lipinski definition) is 1. The summed E-state index contributed by atoms with van der Waals surface area (Å²) in [4.78, 5) is 33.2. The highest BCUT2D eigenvalue weighted by atomic mass is 32.1. The van der Waals surface area contributed by atoms with E-state index in [0.29, 0.717) is 22.6 Å². The summed E-state index contributed by atoms with van der Waals surface area (Å²) in [5.41, 5.74) is 4.80. The van der Waals surface area contributed by atoms with Crippen molar-refractivity contribution in [2.75, 3.05) is 5.32 Å². The number of allylic oxidation sites excluding steroid dienone is 1. The van der Waals surface area contributed by atoms with Crippen LogP contribution in [0.25, 0.3) is 20.4 Å². The highest BCUT2D eigenvalue weighted by Crippen LogP contribution is 2.23. The molecule has 0 atom stereocenters. The number of amides is 2. The first-order chi connectivity index (χ1) is 13.5. The molecule has 0 saturated carbocycles. The Bertz CT molecular complexity index is 1300. The number of nitrogens with zero attached hydrogens (tertiary/aromatic N) is 3. The molecule has 0 fully saturated rings. The predicted octanol–water partition coefficient (Wildman–Crippen LogP) is 4.20. The minimum absolute atomic E-state index is 0.131. The summed E-state index contributed by atoms with van der Waals surface area (Å²) in [6, 6.07) is 11.0. The Kier molecular flexibility index (Phi) is 4.89. The van der Waals surface area contributed by atoms with Crippen LogP contribution in [0.1, 0.15) is 17.3 Å². The number of aromatic nitrogens is 2. The van der Waals surface area contributed by atoms with Crippen LogP contribution in [-0.4, -0.2) is 21.4 Å². The van der Waals surface area contributed by atoms with Crippen molar-refractivity contribution in [3.8, 4) is 0 Å². The Hall–Kier alpha value is -3.10. The third kappa shape index (κ3) is 3.51. The second-order valence-electron chi connectivity index (χ2n) is 6.10. The minimum atomic E-state index is -0.304. The molecule has 0 aliphatic heterocycles. The number of carbonyl (C=O) groups excluding carboxylic acids is 2. The van der Waals surface area contributed by atoms with Gasteiger partial charge in [0.25, 0.3) is 5.91 Å². The molecule has 0 aliphatic rings. The van der Waals surface area contributed by atoms with Gasteiger partial charge in [0.1, 0.15) is 0 Å². The van der Waals surface area contributed by atoms with Gasteiger partial charge in [-0.05, 0) is 36.4 Å². The van der Waals surface area contributed by atoms with E-state index in [-0.39, 0.29) is 11.8 Å². The predicted molar refractivity (Wildman–Crippen MR) is 114 cm³/mol. The molecular weight excluding hydrogens is 392 g/mol. The summed E-state index contributed by atoms with van der Waals surface area (Å²) in [5.74, 6) is -0.435. The molecule has 0 radical (unpaired) electrons. The first-order valence-electron chi connectivity index (χ1n) is 8.49. The van der Waals surface area contributed by atoms with E-state index in [4.69, 9.17) is 0 Å². The molecule has 0 aliphatic carbocycles. The average molecular weight is 409 g/mol. The topological polar surface area (TPSA) is 76.3 Å². The van der Waals surface area contributed by atoms with E-state index in [1.54, 1.807) is 17.7 Å². The number of anilines is 1. The van der Waals surface area contributed by atoms with E-state index in [1.165, 1.54) is 29.6 Å². The zero-order valence-electron chi connectivity index (χ0n) is 15.0. The zero-order valence-corrected chi connectivity index (χ0v) is 16.6. The largest absolute Gasteiger partial charge is 0.326 e. The fourth-order valence-electron chi connectivity index (χ4n) is 2.88. The molecule has 8 heteroatoms. The first kappa shape index (κ1) is 18.3. The van der Waals surface area contributed by atoms with Gasteiger partial charge in [-0.15, -0.1) is 17.9 Å². The number of thiazole rings is 2. The Morgan fingerprint density at radius 1 is 1.25 bits per heavy atom. The highest BCUT2D eigenvalue weighted by molar-refractivity contribution is 7.17. The van der Waals surface area contributed by atoms with Crippen LogP contribution >= 0.6 is 22.7 Å². The first-order valence-corrected chi connectivity index (χ1v) is 10.2. The Balaban J connectivity index is 1.80. The average Bonchev–Trinajstić information content (AvgIpc) is 3.25. The third-order valence-corrected chi connectivity index (χ3v) is 5.92. The molecule has 4 aromatic rings. The van der Waals surface area contributed by atoms with Gasteiger partial charge >= 0.3 is 0 Å². The van der Waals surface area contributed by atoms with Gasteiger partial charge in [-0.3, -0.25) is 9.59 Å². The lowest BCUT2D eigenvalue weighted by atomic mass is 10.2. The normalized spacial score (nSPS) is 11.8. The van der Waals surface area contributed by atoms with Crippen molar-refractivity contribution >= 4 is 60.6 Å². The van der Waals surface area contributed by atoms with E-state index in [1.807, 2.05) is 34.9 Å². The number of rotatable bonds is 4. The van der Waals surface area contributed by atoms with Crippen LogP contribution in [-0.2, 0) is 11.3 Å². The summed E-state index contributed by atoms with van der Waals surface area (Å²) in [6.45, 7) is 5.80. The van der Waals surface area contributed by atoms with Crippen LogP contribution in [0.15, 0.2) is 59.6 Å². The maximum absolute atomic E-state index is 12.8. The smallest absolute Gasteiger partial charge is 0.279 e. The van der Waals surface area contributed by atoms with E-state index >= 15 is 0 Å². The molecular formula is C20H16N4O2S2. The molecule has 2 amide bonds. The Morgan fingerprint density at radius 3 is 2.89 bits per heavy atom. The molecule has 2 aromatic carbocycles. The maximum Gasteiger partial charge on any atom is 0.279 e. The standard InChI is InChI=1S/C20H16N4O2S2/c1-3-8-24-16-7-5-14(22-12(2)25)10-18(16)28-20(24)23-19(26)13-4-6-15-17(9-13)27-11-21-15/h3-7,9-11H,1,8H2,2H3,(H,22,25). The summed E-state index contributed by atoms with van der Waals surface area (Å²) >= 11 is 2.89. The van der Waals surface area contributed by atoms with E-state index < -0.39 is 0 Å². The third-order valence-electron chi connectivity index (χ3n) is 4.09. The van der Waals surface area contributed by atoms with E-state index in [9.17, 15) is 9.59 Å². The summed E-state index contributed by atoms with van der Waals surface area (Å²) < 4.78 is 3.82. The fraction of sp³-hybridized carbons (Fsp3) is 0.100. The van der Waals surface area contributed by atoms with Gasteiger partial charge in [-0.1, -0.05) is 17.4 Å². The number of carbonyl (C=O) groups is 2. The molecule has 28 heavy (non-hydrogen) atoms. The van der Waals surface area contributed by atoms with Gasteiger partial charge in [0.05, 0.1) is 25.9 Å². The quantitative estimate of drug-likeness (QED) is 0.514. The lowest BCUT2D eigenvalue weighted by Crippen LogP contribution is -2.16. The van der Waals surface area contributed by atoms with Gasteiger partial charge in [0, 0.05) is 24.7 Å². The van der Waals surface area contributed by atoms with Gasteiger partial charge in [0.15, 0.2) is 4.80 Å². The second kappa shape index (κ2) is 7.49. The highest BCUT2D eigenvalue weighted by Gasteiger charge is 2.11. The Morgan fingerprint density at radius 2 is 2.11 bits per heavy atom. The molecule has 0 saturated heterocycles. The van der Waals surface area contributed by atoms with Gasteiger partial charge in [-0.25, -0.2) is 4.98 Å². The number of benzene rings is 2. The lowest BCUT2D eigenvalue weighted by molar-refractivity contribution is -0.114. The van der Waals surface area contributed by atoms with Crippen molar-refractivity contribution in [2.45, 2.75) is 13.5 Å². The number of hydrogen-bond acceptors (Lipinski definition) is 5. The van der Waals surface area contributed by atoms with Crippen molar-refractivity contribution in [1.82, 2.24) is 9.55 Å². The van der Waals surface area contributed by atoms with Crippen LogP contribution in [0, 0.1) is 0 Å². The van der Waals surface area contributed by atoms with Crippen LogP contribution < -0.4 is 10.1 Å². The number of nitrogens with one attached hydrogen (secondary N) is 1. The van der Waals surface area contributed by atoms with E-state index in [0.717, 1.165) is 20.4 Å². The minimum Gasteiger partial charge on any atom is -0.326 e. The summed E-state index contributed by atoms with van der Waals surface area (Å²) in [6.07, 6.45) is 1.76. The summed E-state index contributed by atoms with van der Waals surface area (Å²) in [5, 5.41) is 2.77.